The highest BCUT2D eigenvalue weighted by molar-refractivity contribution is 6.42. The highest BCUT2D eigenvalue weighted by Gasteiger charge is 2.22. The van der Waals surface area contributed by atoms with Gasteiger partial charge >= 0.3 is 0 Å². The van der Waals surface area contributed by atoms with E-state index in [1.54, 1.807) is 12.1 Å². The van der Waals surface area contributed by atoms with Crippen LogP contribution in [0.15, 0.2) is 24.3 Å². The van der Waals surface area contributed by atoms with Gasteiger partial charge in [0.05, 0.1) is 15.1 Å². The molecular weight excluding hydrogens is 298 g/mol. The lowest BCUT2D eigenvalue weighted by molar-refractivity contribution is 0.356. The van der Waals surface area contributed by atoms with Crippen LogP contribution in [0.5, 0.6) is 28.7 Å². The molecule has 0 aromatic heterocycles. The van der Waals surface area contributed by atoms with Gasteiger partial charge in [-0.1, -0.05) is 34.8 Å². The minimum absolute atomic E-state index is 0.0810. The molecule has 1 aliphatic rings. The van der Waals surface area contributed by atoms with Crippen LogP contribution in [0.3, 0.4) is 0 Å². The predicted octanol–water partition coefficient (Wildman–Crippen LogP) is 5.25. The predicted molar refractivity (Wildman–Crippen MR) is 69.7 cm³/mol. The normalized spacial score (nSPS) is 12.2. The molecule has 1 heterocycles. The van der Waals surface area contributed by atoms with Gasteiger partial charge in [0, 0.05) is 24.3 Å². The number of benzene rings is 2. The van der Waals surface area contributed by atoms with E-state index in [0.717, 1.165) is 0 Å². The summed E-state index contributed by atoms with van der Waals surface area (Å²) >= 11 is 17.6. The molecule has 0 fully saturated rings. The zero-order valence-electron chi connectivity index (χ0n) is 8.71. The maximum absolute atomic E-state index is 9.51. The van der Waals surface area contributed by atoms with E-state index in [1.807, 2.05) is 0 Å². The number of halogens is 3. The Bertz CT molecular complexity index is 544. The summed E-state index contributed by atoms with van der Waals surface area (Å²) in [7, 11) is 0. The van der Waals surface area contributed by atoms with Crippen molar-refractivity contribution in [3.05, 3.63) is 39.3 Å². The standard InChI is InChI=1S/C12H5Cl3O3/c13-5-1-9-10(2-6(5)14)18-12-4-8(16)7(15)3-11(12)17-9/h1-4,16H. The van der Waals surface area contributed by atoms with Crippen molar-refractivity contribution in [2.75, 3.05) is 0 Å². The summed E-state index contributed by atoms with van der Waals surface area (Å²) in [4.78, 5) is 0. The average Bonchev–Trinajstić information content (AvgIpc) is 2.31. The van der Waals surface area contributed by atoms with Crippen molar-refractivity contribution in [1.82, 2.24) is 0 Å². The third-order valence-electron chi connectivity index (χ3n) is 2.44. The second-order valence-corrected chi connectivity index (χ2v) is 4.89. The van der Waals surface area contributed by atoms with Crippen molar-refractivity contribution in [1.29, 1.82) is 0 Å². The number of hydrogen-bond acceptors (Lipinski definition) is 3. The van der Waals surface area contributed by atoms with E-state index in [1.165, 1.54) is 12.1 Å². The Kier molecular flexibility index (Phi) is 2.70. The van der Waals surface area contributed by atoms with Crippen LogP contribution in [0.25, 0.3) is 0 Å². The van der Waals surface area contributed by atoms with Crippen LogP contribution in [0.1, 0.15) is 0 Å². The molecule has 0 radical (unpaired) electrons. The van der Waals surface area contributed by atoms with Crippen LogP contribution in [-0.4, -0.2) is 5.11 Å². The molecule has 0 saturated carbocycles. The second-order valence-electron chi connectivity index (χ2n) is 3.67. The zero-order chi connectivity index (χ0) is 12.9. The fraction of sp³-hybridized carbons (Fsp3) is 0. The first kappa shape index (κ1) is 11.8. The zero-order valence-corrected chi connectivity index (χ0v) is 11.0. The Labute approximate surface area is 117 Å². The molecule has 2 aromatic carbocycles. The van der Waals surface area contributed by atoms with Crippen LogP contribution in [0.2, 0.25) is 15.1 Å². The van der Waals surface area contributed by atoms with Crippen LogP contribution >= 0.6 is 34.8 Å². The van der Waals surface area contributed by atoms with E-state index in [9.17, 15) is 5.11 Å². The summed E-state index contributed by atoms with van der Waals surface area (Å²) < 4.78 is 11.1. The van der Waals surface area contributed by atoms with E-state index >= 15 is 0 Å². The van der Waals surface area contributed by atoms with Crippen molar-refractivity contribution in [3.8, 4) is 28.7 Å². The van der Waals surface area contributed by atoms with E-state index in [4.69, 9.17) is 44.3 Å². The number of rotatable bonds is 0. The van der Waals surface area contributed by atoms with Crippen molar-refractivity contribution in [2.45, 2.75) is 0 Å². The van der Waals surface area contributed by atoms with Gasteiger partial charge in [0.15, 0.2) is 23.0 Å². The van der Waals surface area contributed by atoms with Crippen molar-refractivity contribution in [3.63, 3.8) is 0 Å². The van der Waals surface area contributed by atoms with Gasteiger partial charge in [-0.2, -0.15) is 0 Å². The fourth-order valence-electron chi connectivity index (χ4n) is 1.59. The van der Waals surface area contributed by atoms with E-state index in [0.29, 0.717) is 33.0 Å². The van der Waals surface area contributed by atoms with Gasteiger partial charge in [-0.25, -0.2) is 0 Å². The molecule has 0 saturated heterocycles. The maximum Gasteiger partial charge on any atom is 0.173 e. The lowest BCUT2D eigenvalue weighted by Crippen LogP contribution is -1.99. The summed E-state index contributed by atoms with van der Waals surface area (Å²) in [5.41, 5.74) is 0. The average molecular weight is 304 g/mol. The first-order chi connectivity index (χ1) is 8.54. The number of phenolic OH excluding ortho intramolecular Hbond substituents is 1. The maximum atomic E-state index is 9.51. The van der Waals surface area contributed by atoms with E-state index in [-0.39, 0.29) is 10.8 Å². The molecular formula is C12H5Cl3O3. The molecule has 0 unspecified atom stereocenters. The minimum Gasteiger partial charge on any atom is -0.506 e. The largest absolute Gasteiger partial charge is 0.506 e. The molecule has 3 rings (SSSR count). The Hall–Kier alpha value is -1.29. The quantitative estimate of drug-likeness (QED) is 0.616. The molecule has 3 nitrogen and oxygen atoms in total. The molecule has 18 heavy (non-hydrogen) atoms. The molecule has 2 aromatic rings. The molecule has 1 N–H and O–H groups in total. The minimum atomic E-state index is -0.0810. The molecule has 0 bridgehead atoms. The summed E-state index contributed by atoms with van der Waals surface area (Å²) in [6, 6.07) is 5.96. The number of ether oxygens (including phenoxy) is 2. The molecule has 0 atom stereocenters. The highest BCUT2D eigenvalue weighted by atomic mass is 35.5. The summed E-state index contributed by atoms with van der Waals surface area (Å²) in [6.07, 6.45) is 0. The van der Waals surface area contributed by atoms with E-state index in [2.05, 4.69) is 0 Å². The SMILES string of the molecule is Oc1cc2c(cc1Cl)Oc1cc(Cl)c(Cl)cc1O2. The molecule has 0 aliphatic carbocycles. The Balaban J connectivity index is 2.12. The topological polar surface area (TPSA) is 38.7 Å². The lowest BCUT2D eigenvalue weighted by Gasteiger charge is -2.21. The first-order valence-electron chi connectivity index (χ1n) is 4.92. The van der Waals surface area contributed by atoms with Crippen molar-refractivity contribution >= 4 is 34.8 Å². The van der Waals surface area contributed by atoms with Gasteiger partial charge in [-0.05, 0) is 0 Å². The molecule has 6 heteroatoms. The smallest absolute Gasteiger partial charge is 0.173 e. The lowest BCUT2D eigenvalue weighted by atomic mass is 10.2. The van der Waals surface area contributed by atoms with Crippen LogP contribution in [0, 0.1) is 0 Å². The highest BCUT2D eigenvalue weighted by Crippen LogP contribution is 2.50. The van der Waals surface area contributed by atoms with Gasteiger partial charge in [0.1, 0.15) is 5.75 Å². The van der Waals surface area contributed by atoms with Crippen molar-refractivity contribution < 1.29 is 14.6 Å². The third kappa shape index (κ3) is 1.85. The first-order valence-corrected chi connectivity index (χ1v) is 6.05. The molecule has 1 aliphatic heterocycles. The van der Waals surface area contributed by atoms with Gasteiger partial charge < -0.3 is 14.6 Å². The van der Waals surface area contributed by atoms with Gasteiger partial charge in [-0.3, -0.25) is 0 Å². The van der Waals surface area contributed by atoms with Crippen molar-refractivity contribution in [2.24, 2.45) is 0 Å². The number of aromatic hydroxyl groups is 1. The van der Waals surface area contributed by atoms with Gasteiger partial charge in [0.2, 0.25) is 0 Å². The summed E-state index contributed by atoms with van der Waals surface area (Å²) in [5.74, 6) is 1.56. The third-order valence-corrected chi connectivity index (χ3v) is 3.46. The van der Waals surface area contributed by atoms with Gasteiger partial charge in [0.25, 0.3) is 0 Å². The van der Waals surface area contributed by atoms with Gasteiger partial charge in [-0.15, -0.1) is 0 Å². The summed E-state index contributed by atoms with van der Waals surface area (Å²) in [5, 5.41) is 10.4. The Morgan fingerprint density at radius 2 is 1.06 bits per heavy atom. The monoisotopic (exact) mass is 302 g/mol. The molecule has 92 valence electrons. The molecule has 0 spiro atoms. The Morgan fingerprint density at radius 3 is 1.56 bits per heavy atom. The van der Waals surface area contributed by atoms with Crippen LogP contribution < -0.4 is 9.47 Å². The Morgan fingerprint density at radius 1 is 0.667 bits per heavy atom. The number of hydrogen-bond donors (Lipinski definition) is 1. The second kappa shape index (κ2) is 4.12. The van der Waals surface area contributed by atoms with Crippen LogP contribution in [-0.2, 0) is 0 Å². The fourth-order valence-corrected chi connectivity index (χ4v) is 2.05. The number of fused-ring (bicyclic) bond motifs is 2. The van der Waals surface area contributed by atoms with E-state index < -0.39 is 0 Å². The number of phenols is 1. The summed E-state index contributed by atoms with van der Waals surface area (Å²) in [6.45, 7) is 0. The van der Waals surface area contributed by atoms with Crippen LogP contribution in [0.4, 0.5) is 0 Å². The molecule has 0 amide bonds.